The van der Waals surface area contributed by atoms with E-state index in [1.54, 1.807) is 0 Å². The largest absolute Gasteiger partial charge is 0.387 e. The SMILES string of the molecule is CCC(Cl)C(O)c1ccc(C(C)(C)C)cc1. The quantitative estimate of drug-likeness (QED) is 0.791. The van der Waals surface area contributed by atoms with Crippen LogP contribution in [0.25, 0.3) is 0 Å². The summed E-state index contributed by atoms with van der Waals surface area (Å²) in [4.78, 5) is 0. The van der Waals surface area contributed by atoms with Crippen molar-refractivity contribution in [2.75, 3.05) is 0 Å². The number of hydrogen-bond acceptors (Lipinski definition) is 1. The average molecular weight is 241 g/mol. The fourth-order valence-corrected chi connectivity index (χ4v) is 1.76. The summed E-state index contributed by atoms with van der Waals surface area (Å²) in [5.41, 5.74) is 2.31. The van der Waals surface area contributed by atoms with Crippen molar-refractivity contribution in [3.63, 3.8) is 0 Å². The van der Waals surface area contributed by atoms with Crippen molar-refractivity contribution in [1.29, 1.82) is 0 Å². The summed E-state index contributed by atoms with van der Waals surface area (Å²) in [6.07, 6.45) is 0.199. The third-order valence-electron chi connectivity index (χ3n) is 2.85. The number of aliphatic hydroxyl groups excluding tert-OH is 1. The van der Waals surface area contributed by atoms with Crippen molar-refractivity contribution in [1.82, 2.24) is 0 Å². The summed E-state index contributed by atoms with van der Waals surface area (Å²) in [5.74, 6) is 0. The first-order valence-corrected chi connectivity index (χ1v) is 6.22. The standard InChI is InChI=1S/C14H21ClO/c1-5-12(15)13(16)10-6-8-11(9-7-10)14(2,3)4/h6-9,12-13,16H,5H2,1-4H3. The van der Waals surface area contributed by atoms with E-state index in [4.69, 9.17) is 11.6 Å². The van der Waals surface area contributed by atoms with E-state index in [1.165, 1.54) is 5.56 Å². The first-order chi connectivity index (χ1) is 7.36. The summed E-state index contributed by atoms with van der Waals surface area (Å²) >= 11 is 6.03. The van der Waals surface area contributed by atoms with Gasteiger partial charge in [0.05, 0.1) is 11.5 Å². The van der Waals surface area contributed by atoms with Gasteiger partial charge in [0, 0.05) is 0 Å². The number of benzene rings is 1. The number of alkyl halides is 1. The molecule has 2 atom stereocenters. The van der Waals surface area contributed by atoms with Gasteiger partial charge in [-0.25, -0.2) is 0 Å². The first-order valence-electron chi connectivity index (χ1n) is 5.79. The molecule has 1 aromatic carbocycles. The fourth-order valence-electron chi connectivity index (χ4n) is 1.61. The second-order valence-corrected chi connectivity index (χ2v) is 5.80. The van der Waals surface area contributed by atoms with Crippen LogP contribution in [0.4, 0.5) is 0 Å². The molecule has 0 aliphatic carbocycles. The van der Waals surface area contributed by atoms with Crippen molar-refractivity contribution in [2.45, 2.75) is 51.0 Å². The molecular weight excluding hydrogens is 220 g/mol. The Kier molecular flexibility index (Phi) is 4.40. The van der Waals surface area contributed by atoms with Crippen molar-refractivity contribution < 1.29 is 5.11 Å². The van der Waals surface area contributed by atoms with Gasteiger partial charge in [-0.15, -0.1) is 11.6 Å². The smallest absolute Gasteiger partial charge is 0.0953 e. The van der Waals surface area contributed by atoms with E-state index < -0.39 is 6.10 Å². The molecule has 1 N–H and O–H groups in total. The molecule has 2 heteroatoms. The molecule has 0 aliphatic heterocycles. The maximum absolute atomic E-state index is 9.95. The third-order valence-corrected chi connectivity index (χ3v) is 3.40. The molecule has 0 amide bonds. The van der Waals surface area contributed by atoms with E-state index in [-0.39, 0.29) is 10.8 Å². The zero-order chi connectivity index (χ0) is 12.3. The third kappa shape index (κ3) is 3.23. The van der Waals surface area contributed by atoms with Crippen molar-refractivity contribution in [3.05, 3.63) is 35.4 Å². The van der Waals surface area contributed by atoms with Gasteiger partial charge in [-0.1, -0.05) is 52.0 Å². The Labute approximate surface area is 103 Å². The van der Waals surface area contributed by atoms with Gasteiger partial charge < -0.3 is 5.11 Å². The predicted molar refractivity (Wildman–Crippen MR) is 70.0 cm³/mol. The van der Waals surface area contributed by atoms with Crippen molar-refractivity contribution in [3.8, 4) is 0 Å². The minimum Gasteiger partial charge on any atom is -0.387 e. The average Bonchev–Trinajstić information content (AvgIpc) is 2.26. The minimum atomic E-state index is -0.569. The van der Waals surface area contributed by atoms with Gasteiger partial charge in [0.1, 0.15) is 0 Å². The molecule has 0 radical (unpaired) electrons. The lowest BCUT2D eigenvalue weighted by Gasteiger charge is -2.21. The van der Waals surface area contributed by atoms with Gasteiger partial charge in [-0.2, -0.15) is 0 Å². The van der Waals surface area contributed by atoms with Crippen molar-refractivity contribution >= 4 is 11.6 Å². The van der Waals surface area contributed by atoms with Crippen LogP contribution in [0.15, 0.2) is 24.3 Å². The predicted octanol–water partition coefficient (Wildman–Crippen LogP) is 4.03. The second-order valence-electron chi connectivity index (χ2n) is 5.24. The fraction of sp³-hybridized carbons (Fsp3) is 0.571. The Morgan fingerprint density at radius 3 is 2.06 bits per heavy atom. The highest BCUT2D eigenvalue weighted by atomic mass is 35.5. The Bertz CT molecular complexity index is 324. The molecule has 0 aromatic heterocycles. The van der Waals surface area contributed by atoms with Crippen LogP contribution in [0.3, 0.4) is 0 Å². The molecular formula is C14H21ClO. The normalized spacial score (nSPS) is 15.9. The lowest BCUT2D eigenvalue weighted by molar-refractivity contribution is 0.170. The van der Waals surface area contributed by atoms with Gasteiger partial charge in [-0.05, 0) is 23.0 Å². The molecule has 2 unspecified atom stereocenters. The van der Waals surface area contributed by atoms with Gasteiger partial charge in [0.25, 0.3) is 0 Å². The Morgan fingerprint density at radius 2 is 1.69 bits per heavy atom. The molecule has 0 saturated carbocycles. The molecule has 1 rings (SSSR count). The Morgan fingerprint density at radius 1 is 1.19 bits per heavy atom. The highest BCUT2D eigenvalue weighted by Crippen LogP contribution is 2.27. The van der Waals surface area contributed by atoms with Crippen LogP contribution in [0, 0.1) is 0 Å². The van der Waals surface area contributed by atoms with Gasteiger partial charge >= 0.3 is 0 Å². The van der Waals surface area contributed by atoms with Crippen LogP contribution in [0.2, 0.25) is 0 Å². The molecule has 16 heavy (non-hydrogen) atoms. The number of rotatable bonds is 3. The van der Waals surface area contributed by atoms with Crippen LogP contribution in [-0.2, 0) is 5.41 Å². The maximum Gasteiger partial charge on any atom is 0.0953 e. The number of hydrogen-bond donors (Lipinski definition) is 1. The highest BCUT2D eigenvalue weighted by molar-refractivity contribution is 6.21. The lowest BCUT2D eigenvalue weighted by atomic mass is 9.86. The van der Waals surface area contributed by atoms with E-state index in [0.29, 0.717) is 0 Å². The minimum absolute atomic E-state index is 0.147. The zero-order valence-corrected chi connectivity index (χ0v) is 11.3. The number of halogens is 1. The van der Waals surface area contributed by atoms with E-state index in [0.717, 1.165) is 12.0 Å². The molecule has 0 saturated heterocycles. The van der Waals surface area contributed by atoms with Crippen LogP contribution < -0.4 is 0 Å². The summed E-state index contributed by atoms with van der Waals surface area (Å²) in [6, 6.07) is 8.07. The van der Waals surface area contributed by atoms with E-state index in [9.17, 15) is 5.11 Å². The van der Waals surface area contributed by atoms with E-state index in [2.05, 4.69) is 32.9 Å². The summed E-state index contributed by atoms with van der Waals surface area (Å²) in [6.45, 7) is 8.50. The lowest BCUT2D eigenvalue weighted by Crippen LogP contribution is -2.13. The number of aliphatic hydroxyl groups is 1. The molecule has 0 spiro atoms. The zero-order valence-electron chi connectivity index (χ0n) is 10.5. The molecule has 0 aliphatic rings. The second kappa shape index (κ2) is 5.20. The van der Waals surface area contributed by atoms with Crippen molar-refractivity contribution in [2.24, 2.45) is 0 Å². The molecule has 1 aromatic rings. The molecule has 0 bridgehead atoms. The van der Waals surface area contributed by atoms with Crippen LogP contribution in [0.1, 0.15) is 51.3 Å². The monoisotopic (exact) mass is 240 g/mol. The maximum atomic E-state index is 9.95. The summed E-state index contributed by atoms with van der Waals surface area (Å²) in [5, 5.41) is 9.74. The van der Waals surface area contributed by atoms with Gasteiger partial charge in [0.2, 0.25) is 0 Å². The molecule has 1 nitrogen and oxygen atoms in total. The molecule has 0 fully saturated rings. The van der Waals surface area contributed by atoms with E-state index in [1.807, 2.05) is 19.1 Å². The van der Waals surface area contributed by atoms with Crippen LogP contribution in [0.5, 0.6) is 0 Å². The van der Waals surface area contributed by atoms with E-state index >= 15 is 0 Å². The molecule has 0 heterocycles. The first kappa shape index (κ1) is 13.5. The topological polar surface area (TPSA) is 20.2 Å². The van der Waals surface area contributed by atoms with Crippen LogP contribution >= 0.6 is 11.6 Å². The molecule has 90 valence electrons. The van der Waals surface area contributed by atoms with Crippen LogP contribution in [-0.4, -0.2) is 10.5 Å². The highest BCUT2D eigenvalue weighted by Gasteiger charge is 2.18. The summed E-state index contributed by atoms with van der Waals surface area (Å²) in [7, 11) is 0. The summed E-state index contributed by atoms with van der Waals surface area (Å²) < 4.78 is 0. The van der Waals surface area contributed by atoms with Gasteiger partial charge in [-0.3, -0.25) is 0 Å². The van der Waals surface area contributed by atoms with Gasteiger partial charge in [0.15, 0.2) is 0 Å². The Hall–Kier alpha value is -0.530. The Balaban J connectivity index is 2.87.